The molecule has 0 saturated carbocycles. The van der Waals surface area contributed by atoms with Crippen LogP contribution in [-0.2, 0) is 11.3 Å². The van der Waals surface area contributed by atoms with E-state index in [1.54, 1.807) is 4.90 Å². The normalized spacial score (nSPS) is 16.0. The molecule has 2 bridgehead atoms. The van der Waals surface area contributed by atoms with Gasteiger partial charge >= 0.3 is 6.09 Å². The summed E-state index contributed by atoms with van der Waals surface area (Å²) < 4.78 is 5.62. The Kier molecular flexibility index (Phi) is 5.92. The summed E-state index contributed by atoms with van der Waals surface area (Å²) in [6, 6.07) is 25.8. The minimum absolute atomic E-state index is 0.000497. The lowest BCUT2D eigenvalue weighted by Gasteiger charge is -2.36. The van der Waals surface area contributed by atoms with E-state index in [1.807, 2.05) is 54.3 Å². The molecule has 2 heterocycles. The van der Waals surface area contributed by atoms with E-state index in [1.165, 1.54) is 0 Å². The minimum Gasteiger partial charge on any atom is -0.444 e. The summed E-state index contributed by atoms with van der Waals surface area (Å²) in [7, 11) is 0. The first kappa shape index (κ1) is 23.0. The number of anilines is 1. The predicted molar refractivity (Wildman–Crippen MR) is 142 cm³/mol. The van der Waals surface area contributed by atoms with Crippen LogP contribution in [0.15, 0.2) is 66.4 Å². The number of rotatable bonds is 4. The third-order valence-electron chi connectivity index (χ3n) is 7.19. The molecule has 6 rings (SSSR count). The second-order valence-electron chi connectivity index (χ2n) is 9.58. The predicted octanol–water partition coefficient (Wildman–Crippen LogP) is 4.94. The van der Waals surface area contributed by atoms with E-state index in [0.29, 0.717) is 25.2 Å². The van der Waals surface area contributed by atoms with E-state index in [0.717, 1.165) is 58.7 Å². The van der Waals surface area contributed by atoms with E-state index >= 15 is 0 Å². The molecule has 0 atom stereocenters. The SMILES string of the molecule is Cc1c#cc(C(=O)N2CCN(c3ccc4c(c3)C3=C=C4CCN3C(=O)OCc3ccccc3)CC2)cc1. The Morgan fingerprint density at radius 1 is 0.892 bits per heavy atom. The Morgan fingerprint density at radius 3 is 2.46 bits per heavy atom. The van der Waals surface area contributed by atoms with E-state index in [4.69, 9.17) is 4.74 Å². The Balaban J connectivity index is 1.13. The van der Waals surface area contributed by atoms with Crippen molar-refractivity contribution in [3.8, 4) is 0 Å². The molecular formula is C31H27N3O3. The van der Waals surface area contributed by atoms with E-state index in [9.17, 15) is 9.59 Å². The molecule has 6 nitrogen and oxygen atoms in total. The molecule has 0 radical (unpaired) electrons. The fourth-order valence-electron chi connectivity index (χ4n) is 5.11. The van der Waals surface area contributed by atoms with Crippen LogP contribution in [0.1, 0.15) is 39.0 Å². The van der Waals surface area contributed by atoms with Gasteiger partial charge in [0.15, 0.2) is 0 Å². The molecule has 1 aliphatic carbocycles. The van der Waals surface area contributed by atoms with E-state index < -0.39 is 0 Å². The van der Waals surface area contributed by atoms with Gasteiger partial charge in [0, 0.05) is 49.5 Å². The fourth-order valence-corrected chi connectivity index (χ4v) is 5.11. The molecule has 37 heavy (non-hydrogen) atoms. The lowest BCUT2D eigenvalue weighted by Crippen LogP contribution is -2.48. The molecule has 0 spiro atoms. The number of hydrogen-bond donors (Lipinski definition) is 0. The van der Waals surface area contributed by atoms with Crippen molar-refractivity contribution in [2.24, 2.45) is 0 Å². The van der Waals surface area contributed by atoms with Gasteiger partial charge < -0.3 is 14.5 Å². The second kappa shape index (κ2) is 9.54. The number of nitrogens with zero attached hydrogens (tertiary/aromatic N) is 3. The average Bonchev–Trinajstić information content (AvgIpc) is 3.23. The minimum atomic E-state index is -0.346. The van der Waals surface area contributed by atoms with Crippen molar-refractivity contribution in [2.75, 3.05) is 37.6 Å². The Morgan fingerprint density at radius 2 is 1.70 bits per heavy atom. The number of carbonyl (C=O) groups is 2. The lowest BCUT2D eigenvalue weighted by molar-refractivity contribution is 0.0746. The van der Waals surface area contributed by atoms with Crippen LogP contribution < -0.4 is 4.90 Å². The summed E-state index contributed by atoms with van der Waals surface area (Å²) in [6.07, 6.45) is 0.408. The standard InChI is InChI=1S/C31H27N3O3/c1-22-7-9-24(10-8-22)30(35)33-17-15-32(16-18-33)26-11-12-27-25-13-14-34(29(19-25)28(27)20-26)31(36)37-21-23-5-3-2-4-6-23/h2-7,9,11-12,20H,13-18,21H2,1H3. The van der Waals surface area contributed by atoms with Gasteiger partial charge in [-0.25, -0.2) is 4.79 Å². The van der Waals surface area contributed by atoms with Gasteiger partial charge in [0.05, 0.1) is 11.3 Å². The molecule has 3 aromatic rings. The van der Waals surface area contributed by atoms with Crippen molar-refractivity contribution in [3.63, 3.8) is 0 Å². The highest BCUT2D eigenvalue weighted by atomic mass is 16.6. The maximum Gasteiger partial charge on any atom is 0.415 e. The van der Waals surface area contributed by atoms with E-state index in [-0.39, 0.29) is 18.6 Å². The first-order chi connectivity index (χ1) is 18.1. The zero-order chi connectivity index (χ0) is 25.4. The van der Waals surface area contributed by atoms with Crippen LogP contribution in [0.2, 0.25) is 0 Å². The Bertz CT molecular complexity index is 1410. The van der Waals surface area contributed by atoms with Crippen LogP contribution in [0.25, 0.3) is 11.3 Å². The number of ether oxygens (including phenoxy) is 1. The molecule has 3 aliphatic rings. The van der Waals surface area contributed by atoms with Gasteiger partial charge in [-0.2, -0.15) is 0 Å². The largest absolute Gasteiger partial charge is 0.444 e. The topological polar surface area (TPSA) is 53.1 Å². The Labute approximate surface area is 217 Å². The zero-order valence-corrected chi connectivity index (χ0v) is 20.8. The smallest absolute Gasteiger partial charge is 0.415 e. The zero-order valence-electron chi connectivity index (χ0n) is 20.8. The van der Waals surface area contributed by atoms with Gasteiger partial charge in [-0.15, -0.1) is 0 Å². The van der Waals surface area contributed by atoms with Gasteiger partial charge in [0.1, 0.15) is 6.61 Å². The summed E-state index contributed by atoms with van der Waals surface area (Å²) in [5.41, 5.74) is 11.1. The van der Waals surface area contributed by atoms with Crippen LogP contribution in [-0.4, -0.2) is 54.5 Å². The summed E-state index contributed by atoms with van der Waals surface area (Å²) in [5, 5.41) is 0. The number of aryl methyl sites for hydroxylation is 1. The highest BCUT2D eigenvalue weighted by Crippen LogP contribution is 2.41. The van der Waals surface area contributed by atoms with Crippen molar-refractivity contribution in [2.45, 2.75) is 20.0 Å². The number of piperazine rings is 1. The van der Waals surface area contributed by atoms with Gasteiger partial charge in [0.2, 0.25) is 0 Å². The summed E-state index contributed by atoms with van der Waals surface area (Å²) in [6.45, 7) is 5.53. The van der Waals surface area contributed by atoms with Crippen molar-refractivity contribution >= 4 is 29.0 Å². The molecule has 2 amide bonds. The van der Waals surface area contributed by atoms with Crippen molar-refractivity contribution in [3.05, 3.63) is 106 Å². The van der Waals surface area contributed by atoms with E-state index in [2.05, 4.69) is 41.0 Å². The van der Waals surface area contributed by atoms with Gasteiger partial charge in [-0.1, -0.05) is 54.3 Å². The molecular weight excluding hydrogens is 462 g/mol. The number of amides is 2. The molecule has 1 saturated heterocycles. The third-order valence-corrected chi connectivity index (χ3v) is 7.19. The lowest BCUT2D eigenvalue weighted by atomic mass is 10.0. The number of hydrogen-bond acceptors (Lipinski definition) is 4. The third kappa shape index (κ3) is 4.46. The molecule has 3 aromatic carbocycles. The number of benzene rings is 2. The molecule has 1 fully saturated rings. The summed E-state index contributed by atoms with van der Waals surface area (Å²) in [5.74, 6) is -0.000497. The maximum absolute atomic E-state index is 13.0. The van der Waals surface area contributed by atoms with Gasteiger partial charge in [-0.3, -0.25) is 9.69 Å². The monoisotopic (exact) mass is 489 g/mol. The molecule has 0 N–H and O–H groups in total. The van der Waals surface area contributed by atoms with Crippen LogP contribution >= 0.6 is 0 Å². The molecule has 2 aliphatic heterocycles. The average molecular weight is 490 g/mol. The molecule has 0 aromatic heterocycles. The molecule has 184 valence electrons. The first-order valence-electron chi connectivity index (χ1n) is 12.6. The van der Waals surface area contributed by atoms with Crippen LogP contribution in [0.4, 0.5) is 10.5 Å². The molecule has 0 unspecified atom stereocenters. The van der Waals surface area contributed by atoms with Crippen molar-refractivity contribution < 1.29 is 14.3 Å². The summed E-state index contributed by atoms with van der Waals surface area (Å²) >= 11 is 0. The molecule has 6 heteroatoms. The van der Waals surface area contributed by atoms with Gasteiger partial charge in [0.25, 0.3) is 5.91 Å². The van der Waals surface area contributed by atoms with Crippen LogP contribution in [0, 0.1) is 19.1 Å². The number of carbonyl (C=O) groups excluding carboxylic acids is 2. The van der Waals surface area contributed by atoms with Gasteiger partial charge in [-0.05, 0) is 54.3 Å². The van der Waals surface area contributed by atoms with Crippen LogP contribution in [0.5, 0.6) is 0 Å². The summed E-state index contributed by atoms with van der Waals surface area (Å²) in [4.78, 5) is 31.7. The Hall–Kier alpha value is -4.46. The van der Waals surface area contributed by atoms with Crippen molar-refractivity contribution in [1.29, 1.82) is 0 Å². The first-order valence-corrected chi connectivity index (χ1v) is 12.6. The number of fused-ring (bicyclic) bond motifs is 3. The van der Waals surface area contributed by atoms with Crippen LogP contribution in [0.3, 0.4) is 0 Å². The highest BCUT2D eigenvalue weighted by Gasteiger charge is 2.32. The second-order valence-corrected chi connectivity index (χ2v) is 9.58. The highest BCUT2D eigenvalue weighted by molar-refractivity contribution is 5.96. The quantitative estimate of drug-likeness (QED) is 0.488. The van der Waals surface area contributed by atoms with Crippen molar-refractivity contribution in [1.82, 2.24) is 9.80 Å². The fraction of sp³-hybridized carbons (Fsp3) is 0.258. The maximum atomic E-state index is 13.0.